The topological polar surface area (TPSA) is 63.5 Å². The molecule has 7 heteroatoms. The van der Waals surface area contributed by atoms with E-state index in [0.717, 1.165) is 17.4 Å². The summed E-state index contributed by atoms with van der Waals surface area (Å²) in [6.07, 6.45) is 1.78. The van der Waals surface area contributed by atoms with E-state index in [4.69, 9.17) is 4.74 Å². The van der Waals surface area contributed by atoms with Crippen molar-refractivity contribution in [3.8, 4) is 5.75 Å². The van der Waals surface area contributed by atoms with Gasteiger partial charge in [0, 0.05) is 20.3 Å². The van der Waals surface area contributed by atoms with Gasteiger partial charge in [-0.3, -0.25) is 9.67 Å². The summed E-state index contributed by atoms with van der Waals surface area (Å²) in [5, 5.41) is 10.6. The van der Waals surface area contributed by atoms with Gasteiger partial charge < -0.3 is 15.4 Å². The molecular formula is C16H24IN5O. The molecule has 2 N–H and O–H groups in total. The Morgan fingerprint density at radius 1 is 1.30 bits per heavy atom. The molecule has 1 aromatic heterocycles. The predicted molar refractivity (Wildman–Crippen MR) is 103 cm³/mol. The molecule has 0 amide bonds. The summed E-state index contributed by atoms with van der Waals surface area (Å²) in [6.45, 7) is 3.99. The van der Waals surface area contributed by atoms with Crippen molar-refractivity contribution in [1.29, 1.82) is 0 Å². The first-order valence-corrected chi connectivity index (χ1v) is 7.30. The molecule has 0 radical (unpaired) electrons. The lowest BCUT2D eigenvalue weighted by Gasteiger charge is -2.12. The van der Waals surface area contributed by atoms with E-state index in [1.165, 1.54) is 5.56 Å². The molecule has 6 nitrogen and oxygen atoms in total. The highest BCUT2D eigenvalue weighted by atomic mass is 127. The molecule has 0 aliphatic heterocycles. The van der Waals surface area contributed by atoms with Crippen LogP contribution in [0.4, 0.5) is 0 Å². The number of hydrogen-bond acceptors (Lipinski definition) is 3. The zero-order chi connectivity index (χ0) is 15.8. The minimum absolute atomic E-state index is 0. The zero-order valence-corrected chi connectivity index (χ0v) is 16.1. The van der Waals surface area contributed by atoms with Crippen LogP contribution in [0.2, 0.25) is 0 Å². The lowest BCUT2D eigenvalue weighted by atomic mass is 10.2. The molecule has 1 heterocycles. The third kappa shape index (κ3) is 6.47. The average Bonchev–Trinajstić information content (AvgIpc) is 2.92. The molecule has 0 fully saturated rings. The Labute approximate surface area is 154 Å². The number of hydrogen-bond donors (Lipinski definition) is 2. The average molecular weight is 429 g/mol. The van der Waals surface area contributed by atoms with Gasteiger partial charge >= 0.3 is 0 Å². The summed E-state index contributed by atoms with van der Waals surface area (Å²) < 4.78 is 7.53. The smallest absolute Gasteiger partial charge is 0.191 e. The maximum atomic E-state index is 5.69. The molecule has 0 saturated carbocycles. The second kappa shape index (κ2) is 10.1. The van der Waals surface area contributed by atoms with Crippen molar-refractivity contribution in [2.24, 2.45) is 12.0 Å². The third-order valence-electron chi connectivity index (χ3n) is 3.24. The molecule has 23 heavy (non-hydrogen) atoms. The van der Waals surface area contributed by atoms with Gasteiger partial charge in [0.15, 0.2) is 5.96 Å². The minimum atomic E-state index is 0. The number of aromatic nitrogens is 2. The third-order valence-corrected chi connectivity index (χ3v) is 3.24. The van der Waals surface area contributed by atoms with E-state index in [2.05, 4.69) is 33.7 Å². The normalized spacial score (nSPS) is 10.8. The van der Waals surface area contributed by atoms with Gasteiger partial charge in [-0.15, -0.1) is 24.0 Å². The molecule has 0 unspecified atom stereocenters. The van der Waals surface area contributed by atoms with E-state index >= 15 is 0 Å². The molecule has 0 aliphatic carbocycles. The molecule has 0 spiro atoms. The molecule has 0 saturated heterocycles. The Hall–Kier alpha value is -1.77. The van der Waals surface area contributed by atoms with Gasteiger partial charge in [0.25, 0.3) is 0 Å². The Kier molecular flexibility index (Phi) is 8.46. The first-order valence-electron chi connectivity index (χ1n) is 7.30. The van der Waals surface area contributed by atoms with Crippen molar-refractivity contribution in [2.75, 3.05) is 20.2 Å². The van der Waals surface area contributed by atoms with Gasteiger partial charge in [0.1, 0.15) is 12.4 Å². The summed E-state index contributed by atoms with van der Waals surface area (Å²) >= 11 is 0. The fourth-order valence-electron chi connectivity index (χ4n) is 2.01. The second-order valence-electron chi connectivity index (χ2n) is 4.96. The van der Waals surface area contributed by atoms with Crippen LogP contribution in [0.3, 0.4) is 0 Å². The highest BCUT2D eigenvalue weighted by Gasteiger charge is 2.01. The van der Waals surface area contributed by atoms with E-state index in [0.29, 0.717) is 19.7 Å². The number of nitrogens with one attached hydrogen (secondary N) is 2. The van der Waals surface area contributed by atoms with Crippen molar-refractivity contribution >= 4 is 29.9 Å². The van der Waals surface area contributed by atoms with Crippen LogP contribution in [0.25, 0.3) is 0 Å². The summed E-state index contributed by atoms with van der Waals surface area (Å²) in [4.78, 5) is 4.19. The molecule has 0 atom stereocenters. The second-order valence-corrected chi connectivity index (χ2v) is 4.96. The van der Waals surface area contributed by atoms with Crippen molar-refractivity contribution in [3.05, 3.63) is 47.8 Å². The first kappa shape index (κ1) is 19.3. The Balaban J connectivity index is 0.00000264. The van der Waals surface area contributed by atoms with Crippen molar-refractivity contribution < 1.29 is 4.74 Å². The standard InChI is InChI=1S/C16H23N5O.HI/c1-13-5-4-6-15(11-13)22-10-9-18-16(17-2)19-12-14-7-8-20-21(14)3;/h4-8,11H,9-10,12H2,1-3H3,(H2,17,18,19);1H. The maximum absolute atomic E-state index is 5.69. The number of aryl methyl sites for hydroxylation is 2. The zero-order valence-electron chi connectivity index (χ0n) is 13.7. The van der Waals surface area contributed by atoms with Crippen LogP contribution in [0.5, 0.6) is 5.75 Å². The van der Waals surface area contributed by atoms with E-state index in [1.807, 2.05) is 36.0 Å². The quantitative estimate of drug-likeness (QED) is 0.320. The molecular weight excluding hydrogens is 405 g/mol. The van der Waals surface area contributed by atoms with Crippen molar-refractivity contribution in [3.63, 3.8) is 0 Å². The van der Waals surface area contributed by atoms with Crippen molar-refractivity contribution in [2.45, 2.75) is 13.5 Å². The van der Waals surface area contributed by atoms with Crippen molar-refractivity contribution in [1.82, 2.24) is 20.4 Å². The van der Waals surface area contributed by atoms with Gasteiger partial charge in [-0.1, -0.05) is 12.1 Å². The number of aliphatic imine (C=N–C) groups is 1. The largest absolute Gasteiger partial charge is 0.492 e. The fraction of sp³-hybridized carbons (Fsp3) is 0.375. The van der Waals surface area contributed by atoms with Crippen LogP contribution in [0.1, 0.15) is 11.3 Å². The predicted octanol–water partition coefficient (Wildman–Crippen LogP) is 2.09. The molecule has 2 aromatic rings. The highest BCUT2D eigenvalue weighted by molar-refractivity contribution is 14.0. The van der Waals surface area contributed by atoms with Crippen LogP contribution in [0, 0.1) is 6.92 Å². The molecule has 1 aromatic carbocycles. The highest BCUT2D eigenvalue weighted by Crippen LogP contribution is 2.11. The van der Waals surface area contributed by atoms with Gasteiger partial charge in [-0.2, -0.15) is 5.10 Å². The first-order chi connectivity index (χ1) is 10.7. The lowest BCUT2D eigenvalue weighted by molar-refractivity contribution is 0.321. The number of ether oxygens (including phenoxy) is 1. The van der Waals surface area contributed by atoms with E-state index in [1.54, 1.807) is 13.2 Å². The van der Waals surface area contributed by atoms with Gasteiger partial charge in [0.05, 0.1) is 18.8 Å². The number of halogens is 1. The number of benzene rings is 1. The number of rotatable bonds is 6. The van der Waals surface area contributed by atoms with Crippen LogP contribution in [0.15, 0.2) is 41.5 Å². The molecule has 0 aliphatic rings. The molecule has 126 valence electrons. The summed E-state index contributed by atoms with van der Waals surface area (Å²) in [5.41, 5.74) is 2.29. The molecule has 0 bridgehead atoms. The summed E-state index contributed by atoms with van der Waals surface area (Å²) in [7, 11) is 3.67. The number of guanidine groups is 1. The minimum Gasteiger partial charge on any atom is -0.492 e. The van der Waals surface area contributed by atoms with Crippen LogP contribution < -0.4 is 15.4 Å². The van der Waals surface area contributed by atoms with E-state index < -0.39 is 0 Å². The van der Waals surface area contributed by atoms with Crippen LogP contribution >= 0.6 is 24.0 Å². The Bertz CT molecular complexity index is 626. The fourth-order valence-corrected chi connectivity index (χ4v) is 2.01. The maximum Gasteiger partial charge on any atom is 0.191 e. The van der Waals surface area contributed by atoms with Gasteiger partial charge in [-0.05, 0) is 30.7 Å². The Morgan fingerprint density at radius 3 is 2.78 bits per heavy atom. The molecule has 2 rings (SSSR count). The number of nitrogens with zero attached hydrogens (tertiary/aromatic N) is 3. The van der Waals surface area contributed by atoms with Gasteiger partial charge in [-0.25, -0.2) is 0 Å². The van der Waals surface area contributed by atoms with Crippen LogP contribution in [-0.2, 0) is 13.6 Å². The summed E-state index contributed by atoms with van der Waals surface area (Å²) in [5.74, 6) is 1.63. The monoisotopic (exact) mass is 429 g/mol. The lowest BCUT2D eigenvalue weighted by Crippen LogP contribution is -2.39. The Morgan fingerprint density at radius 2 is 2.13 bits per heavy atom. The van der Waals surface area contributed by atoms with E-state index in [-0.39, 0.29) is 24.0 Å². The van der Waals surface area contributed by atoms with E-state index in [9.17, 15) is 0 Å². The van der Waals surface area contributed by atoms with Crippen LogP contribution in [-0.4, -0.2) is 35.9 Å². The SMILES string of the molecule is CN=C(NCCOc1cccc(C)c1)NCc1ccnn1C.I. The van der Waals surface area contributed by atoms with Gasteiger partial charge in [0.2, 0.25) is 0 Å². The summed E-state index contributed by atoms with van der Waals surface area (Å²) in [6, 6.07) is 10.0.